The monoisotopic (exact) mass is 195 g/mol. The Hall–Kier alpha value is 0.540. The van der Waals surface area contributed by atoms with Crippen molar-refractivity contribution < 1.29 is 0 Å². The molecule has 1 atom stereocenters. The molecule has 1 aliphatic rings. The minimum atomic E-state index is 0.587. The van der Waals surface area contributed by atoms with Crippen molar-refractivity contribution in [1.29, 1.82) is 0 Å². The van der Waals surface area contributed by atoms with Crippen molar-refractivity contribution >= 4 is 23.2 Å². The molecule has 0 saturated carbocycles. The smallest absolute Gasteiger partial charge is 0.0379 e. The van der Waals surface area contributed by atoms with Crippen molar-refractivity contribution in [3.63, 3.8) is 0 Å². The van der Waals surface area contributed by atoms with Crippen LogP contribution < -0.4 is 0 Å². The van der Waals surface area contributed by atoms with Gasteiger partial charge in [-0.1, -0.05) is 6.42 Å². The van der Waals surface area contributed by atoms with Crippen molar-refractivity contribution in [3.8, 4) is 0 Å². The summed E-state index contributed by atoms with van der Waals surface area (Å²) in [4.78, 5) is 2.41. The first-order valence-corrected chi connectivity index (χ1v) is 5.31. The third-order valence-electron chi connectivity index (χ3n) is 2.30. The minimum Gasteiger partial charge on any atom is -0.298 e. The third-order valence-corrected chi connectivity index (χ3v) is 2.82. The van der Waals surface area contributed by atoms with Gasteiger partial charge in [0.15, 0.2) is 0 Å². The molecule has 11 heavy (non-hydrogen) atoms. The van der Waals surface area contributed by atoms with Crippen molar-refractivity contribution in [1.82, 2.24) is 4.90 Å². The zero-order valence-corrected chi connectivity index (χ0v) is 8.24. The van der Waals surface area contributed by atoms with Gasteiger partial charge >= 0.3 is 0 Å². The first-order chi connectivity index (χ1) is 5.38. The maximum Gasteiger partial charge on any atom is 0.0379 e. The summed E-state index contributed by atoms with van der Waals surface area (Å²) in [5, 5.41) is 0. The Bertz CT molecular complexity index is 106. The van der Waals surface area contributed by atoms with Gasteiger partial charge in [0.1, 0.15) is 0 Å². The minimum absolute atomic E-state index is 0.587. The van der Waals surface area contributed by atoms with Crippen molar-refractivity contribution in [3.05, 3.63) is 0 Å². The molecule has 0 bridgehead atoms. The lowest BCUT2D eigenvalue weighted by Crippen LogP contribution is -2.41. The largest absolute Gasteiger partial charge is 0.298 e. The highest BCUT2D eigenvalue weighted by atomic mass is 35.5. The summed E-state index contributed by atoms with van der Waals surface area (Å²) < 4.78 is 0. The molecule has 1 saturated heterocycles. The average Bonchev–Trinajstić information content (AvgIpc) is 2.06. The first kappa shape index (κ1) is 9.63. The van der Waals surface area contributed by atoms with E-state index in [9.17, 15) is 0 Å². The van der Waals surface area contributed by atoms with Crippen LogP contribution in [0.3, 0.4) is 0 Å². The predicted molar refractivity (Wildman–Crippen MR) is 50.7 cm³/mol. The highest BCUT2D eigenvalue weighted by Crippen LogP contribution is 2.17. The molecule has 0 aromatic rings. The van der Waals surface area contributed by atoms with Crippen molar-refractivity contribution in [2.24, 2.45) is 0 Å². The second-order valence-corrected chi connectivity index (χ2v) is 3.72. The summed E-state index contributed by atoms with van der Waals surface area (Å²) in [5.41, 5.74) is 0. The van der Waals surface area contributed by atoms with Crippen LogP contribution in [0.15, 0.2) is 0 Å². The molecule has 0 N–H and O–H groups in total. The molecular formula is C8H15Cl2N. The molecule has 0 spiro atoms. The SMILES string of the molecule is ClCCN1CCCC[C@@H]1CCl. The molecule has 3 heteroatoms. The Kier molecular flexibility index (Phi) is 4.58. The molecule has 0 unspecified atom stereocenters. The molecule has 0 aliphatic carbocycles. The maximum absolute atomic E-state index is 5.83. The van der Waals surface area contributed by atoms with Crippen LogP contribution in [-0.4, -0.2) is 35.8 Å². The molecule has 0 aromatic carbocycles. The van der Waals surface area contributed by atoms with Gasteiger partial charge in [-0.25, -0.2) is 0 Å². The highest BCUT2D eigenvalue weighted by Gasteiger charge is 2.20. The van der Waals surface area contributed by atoms with Gasteiger partial charge < -0.3 is 0 Å². The summed E-state index contributed by atoms with van der Waals surface area (Å²) in [6.07, 6.45) is 3.89. The van der Waals surface area contributed by atoms with Gasteiger partial charge in [0.05, 0.1) is 0 Å². The number of rotatable bonds is 3. The summed E-state index contributed by atoms with van der Waals surface area (Å²) >= 11 is 11.5. The molecule has 66 valence electrons. The number of likely N-dealkylation sites (tertiary alicyclic amines) is 1. The van der Waals surface area contributed by atoms with Crippen molar-refractivity contribution in [2.75, 3.05) is 24.8 Å². The maximum atomic E-state index is 5.83. The van der Waals surface area contributed by atoms with Gasteiger partial charge in [-0.15, -0.1) is 23.2 Å². The van der Waals surface area contributed by atoms with Crippen LogP contribution in [0.5, 0.6) is 0 Å². The lowest BCUT2D eigenvalue weighted by atomic mass is 10.0. The van der Waals surface area contributed by atoms with Gasteiger partial charge in [0.2, 0.25) is 0 Å². The zero-order valence-electron chi connectivity index (χ0n) is 6.73. The molecule has 0 radical (unpaired) electrons. The van der Waals surface area contributed by atoms with Gasteiger partial charge in [0.25, 0.3) is 0 Å². The first-order valence-electron chi connectivity index (χ1n) is 4.24. The van der Waals surface area contributed by atoms with E-state index < -0.39 is 0 Å². The number of piperidine rings is 1. The van der Waals surface area contributed by atoms with Gasteiger partial charge in [-0.05, 0) is 19.4 Å². The van der Waals surface area contributed by atoms with Gasteiger partial charge in [-0.2, -0.15) is 0 Å². The van der Waals surface area contributed by atoms with Crippen LogP contribution in [0, 0.1) is 0 Å². The third kappa shape index (κ3) is 2.81. The standard InChI is InChI=1S/C8H15Cl2N/c9-4-6-11-5-2-1-3-8(11)7-10/h8H,1-7H2/t8-/m1/s1. The van der Waals surface area contributed by atoms with Crippen molar-refractivity contribution in [2.45, 2.75) is 25.3 Å². The molecule has 0 amide bonds. The number of hydrogen-bond acceptors (Lipinski definition) is 1. The van der Waals surface area contributed by atoms with Crippen LogP contribution in [0.1, 0.15) is 19.3 Å². The Morgan fingerprint density at radius 3 is 2.73 bits per heavy atom. The van der Waals surface area contributed by atoms with Crippen LogP contribution >= 0.6 is 23.2 Å². The quantitative estimate of drug-likeness (QED) is 0.626. The lowest BCUT2D eigenvalue weighted by Gasteiger charge is -2.33. The molecule has 1 nitrogen and oxygen atoms in total. The van der Waals surface area contributed by atoms with E-state index in [1.54, 1.807) is 0 Å². The summed E-state index contributed by atoms with van der Waals surface area (Å²) in [6, 6.07) is 0.587. The molecule has 1 heterocycles. The summed E-state index contributed by atoms with van der Waals surface area (Å²) in [7, 11) is 0. The zero-order chi connectivity index (χ0) is 8.10. The summed E-state index contributed by atoms with van der Waals surface area (Å²) in [5.74, 6) is 1.49. The number of hydrogen-bond donors (Lipinski definition) is 0. The topological polar surface area (TPSA) is 3.24 Å². The van der Waals surface area contributed by atoms with E-state index in [0.717, 1.165) is 18.3 Å². The van der Waals surface area contributed by atoms with E-state index in [4.69, 9.17) is 23.2 Å². The lowest BCUT2D eigenvalue weighted by molar-refractivity contribution is 0.173. The Morgan fingerprint density at radius 2 is 2.09 bits per heavy atom. The van der Waals surface area contributed by atoms with E-state index >= 15 is 0 Å². The Labute approximate surface area is 78.7 Å². The second-order valence-electron chi connectivity index (χ2n) is 3.03. The fourth-order valence-corrected chi connectivity index (χ4v) is 2.20. The van der Waals surface area contributed by atoms with E-state index in [-0.39, 0.29) is 0 Å². The fourth-order valence-electron chi connectivity index (χ4n) is 1.64. The molecule has 1 rings (SSSR count). The number of alkyl halides is 2. The molecule has 1 aliphatic heterocycles. The average molecular weight is 196 g/mol. The van der Waals surface area contributed by atoms with Gasteiger partial charge in [-0.3, -0.25) is 4.90 Å². The number of nitrogens with zero attached hydrogens (tertiary/aromatic N) is 1. The van der Waals surface area contributed by atoms with Crippen LogP contribution in [0.25, 0.3) is 0 Å². The van der Waals surface area contributed by atoms with Crippen LogP contribution in [0.4, 0.5) is 0 Å². The van der Waals surface area contributed by atoms with E-state index in [1.807, 2.05) is 0 Å². The summed E-state index contributed by atoms with van der Waals surface area (Å²) in [6.45, 7) is 2.18. The van der Waals surface area contributed by atoms with Gasteiger partial charge in [0, 0.05) is 24.3 Å². The van der Waals surface area contributed by atoms with Crippen LogP contribution in [0.2, 0.25) is 0 Å². The fraction of sp³-hybridized carbons (Fsp3) is 1.00. The predicted octanol–water partition coefficient (Wildman–Crippen LogP) is 2.32. The molecule has 1 fully saturated rings. The van der Waals surface area contributed by atoms with E-state index in [2.05, 4.69) is 4.90 Å². The molecule has 0 aromatic heterocycles. The Morgan fingerprint density at radius 1 is 1.27 bits per heavy atom. The Balaban J connectivity index is 2.31. The highest BCUT2D eigenvalue weighted by molar-refractivity contribution is 6.18. The molecular weight excluding hydrogens is 181 g/mol. The number of halogens is 2. The van der Waals surface area contributed by atoms with E-state index in [1.165, 1.54) is 25.8 Å². The second kappa shape index (κ2) is 5.23. The normalized spacial score (nSPS) is 27.3. The van der Waals surface area contributed by atoms with E-state index in [0.29, 0.717) is 6.04 Å². The van der Waals surface area contributed by atoms with Crippen LogP contribution in [-0.2, 0) is 0 Å².